The van der Waals surface area contributed by atoms with Crippen LogP contribution in [0, 0.1) is 0 Å². The molecule has 0 saturated carbocycles. The van der Waals surface area contributed by atoms with Gasteiger partial charge in [0, 0.05) is 25.7 Å². The van der Waals surface area contributed by atoms with Gasteiger partial charge in [-0.25, -0.2) is 0 Å². The van der Waals surface area contributed by atoms with Crippen molar-refractivity contribution < 1.29 is 4.74 Å². The van der Waals surface area contributed by atoms with Crippen LogP contribution in [-0.4, -0.2) is 49.8 Å². The summed E-state index contributed by atoms with van der Waals surface area (Å²) in [6.45, 7) is 9.07. The van der Waals surface area contributed by atoms with E-state index in [1.165, 1.54) is 25.8 Å². The molecular formula is C13H28N2O. The Morgan fingerprint density at radius 3 is 2.69 bits per heavy atom. The van der Waals surface area contributed by atoms with Gasteiger partial charge in [-0.05, 0) is 46.7 Å². The van der Waals surface area contributed by atoms with Gasteiger partial charge in [-0.1, -0.05) is 6.92 Å². The summed E-state index contributed by atoms with van der Waals surface area (Å²) >= 11 is 0. The molecule has 1 rings (SSSR count). The third-order valence-electron chi connectivity index (χ3n) is 4.15. The van der Waals surface area contributed by atoms with Crippen LogP contribution >= 0.6 is 0 Å². The minimum Gasteiger partial charge on any atom is -0.377 e. The third-order valence-corrected chi connectivity index (χ3v) is 4.15. The van der Waals surface area contributed by atoms with E-state index in [0.717, 1.165) is 6.54 Å². The van der Waals surface area contributed by atoms with Gasteiger partial charge in [0.25, 0.3) is 0 Å². The fourth-order valence-electron chi connectivity index (χ4n) is 2.80. The molecule has 1 aliphatic rings. The van der Waals surface area contributed by atoms with Crippen molar-refractivity contribution in [3.05, 3.63) is 0 Å². The molecule has 1 aliphatic heterocycles. The first kappa shape index (κ1) is 13.9. The van der Waals surface area contributed by atoms with E-state index in [1.54, 1.807) is 0 Å². The van der Waals surface area contributed by atoms with E-state index >= 15 is 0 Å². The minimum absolute atomic E-state index is 0.0541. The predicted octanol–water partition coefficient (Wildman–Crippen LogP) is 1.87. The van der Waals surface area contributed by atoms with E-state index in [4.69, 9.17) is 4.74 Å². The van der Waals surface area contributed by atoms with Gasteiger partial charge in [0.1, 0.15) is 0 Å². The lowest BCUT2D eigenvalue weighted by atomic mass is 9.92. The summed E-state index contributed by atoms with van der Waals surface area (Å²) in [5, 5.41) is 3.41. The van der Waals surface area contributed by atoms with Crippen LogP contribution in [0.25, 0.3) is 0 Å². The number of nitrogens with one attached hydrogen (secondary N) is 1. The number of likely N-dealkylation sites (N-methyl/N-ethyl adjacent to an activating group) is 1. The van der Waals surface area contributed by atoms with Crippen molar-refractivity contribution in [3.63, 3.8) is 0 Å². The fourth-order valence-corrected chi connectivity index (χ4v) is 2.80. The molecular weight excluding hydrogens is 200 g/mol. The van der Waals surface area contributed by atoms with Gasteiger partial charge >= 0.3 is 0 Å². The summed E-state index contributed by atoms with van der Waals surface area (Å²) in [5.74, 6) is 0. The predicted molar refractivity (Wildman–Crippen MR) is 68.8 cm³/mol. The summed E-state index contributed by atoms with van der Waals surface area (Å²) in [5.41, 5.74) is 0.0541. The maximum atomic E-state index is 5.64. The molecule has 1 saturated heterocycles. The smallest absolute Gasteiger partial charge is 0.0777 e. The zero-order valence-corrected chi connectivity index (χ0v) is 11.5. The normalized spacial score (nSPS) is 31.3. The minimum atomic E-state index is 0.0541. The van der Waals surface area contributed by atoms with E-state index in [1.807, 2.05) is 7.11 Å². The highest BCUT2D eigenvalue weighted by molar-refractivity contribution is 4.89. The highest BCUT2D eigenvalue weighted by atomic mass is 16.5. The van der Waals surface area contributed by atoms with Crippen LogP contribution in [0.2, 0.25) is 0 Å². The number of likely N-dealkylation sites (tertiary alicyclic amines) is 1. The van der Waals surface area contributed by atoms with E-state index in [0.29, 0.717) is 12.1 Å². The first-order valence-corrected chi connectivity index (χ1v) is 6.52. The van der Waals surface area contributed by atoms with Gasteiger partial charge in [-0.2, -0.15) is 0 Å². The zero-order valence-electron chi connectivity index (χ0n) is 11.5. The molecule has 3 heteroatoms. The molecule has 0 spiro atoms. The molecule has 0 aromatic heterocycles. The van der Waals surface area contributed by atoms with E-state index in [-0.39, 0.29) is 5.60 Å². The van der Waals surface area contributed by atoms with Gasteiger partial charge in [-0.3, -0.25) is 4.90 Å². The number of piperidine rings is 1. The van der Waals surface area contributed by atoms with Crippen molar-refractivity contribution in [3.8, 4) is 0 Å². The lowest BCUT2D eigenvalue weighted by Crippen LogP contribution is -2.55. The number of methoxy groups -OCH3 is 1. The second kappa shape index (κ2) is 5.99. The molecule has 3 unspecified atom stereocenters. The first-order valence-electron chi connectivity index (χ1n) is 6.52. The quantitative estimate of drug-likeness (QED) is 0.777. The Bertz CT molecular complexity index is 206. The lowest BCUT2D eigenvalue weighted by molar-refractivity contribution is -0.0627. The molecule has 0 amide bonds. The van der Waals surface area contributed by atoms with Crippen LogP contribution in [0.15, 0.2) is 0 Å². The van der Waals surface area contributed by atoms with Gasteiger partial charge < -0.3 is 10.1 Å². The lowest BCUT2D eigenvalue weighted by Gasteiger charge is -2.44. The van der Waals surface area contributed by atoms with Crippen molar-refractivity contribution in [1.29, 1.82) is 0 Å². The maximum Gasteiger partial charge on any atom is 0.0777 e. The molecule has 1 N–H and O–H groups in total. The monoisotopic (exact) mass is 228 g/mol. The summed E-state index contributed by atoms with van der Waals surface area (Å²) < 4.78 is 5.64. The molecule has 1 heterocycles. The zero-order chi connectivity index (χ0) is 12.2. The van der Waals surface area contributed by atoms with Crippen molar-refractivity contribution in [2.75, 3.05) is 27.2 Å². The molecule has 0 aromatic rings. The van der Waals surface area contributed by atoms with Crippen molar-refractivity contribution in [2.24, 2.45) is 0 Å². The summed E-state index contributed by atoms with van der Waals surface area (Å²) in [6.07, 6.45) is 3.61. The molecule has 0 aromatic carbocycles. The maximum absolute atomic E-state index is 5.64. The van der Waals surface area contributed by atoms with Crippen molar-refractivity contribution >= 4 is 0 Å². The fraction of sp³-hybridized carbons (Fsp3) is 1.00. The molecule has 0 bridgehead atoms. The van der Waals surface area contributed by atoms with Gasteiger partial charge in [0.05, 0.1) is 5.60 Å². The molecule has 3 nitrogen and oxygen atoms in total. The first-order chi connectivity index (χ1) is 7.56. The number of hydrogen-bond acceptors (Lipinski definition) is 3. The highest BCUT2D eigenvalue weighted by Crippen LogP contribution is 2.26. The highest BCUT2D eigenvalue weighted by Gasteiger charge is 2.34. The van der Waals surface area contributed by atoms with Crippen molar-refractivity contribution in [2.45, 2.75) is 57.7 Å². The largest absolute Gasteiger partial charge is 0.377 e. The Morgan fingerprint density at radius 2 is 2.19 bits per heavy atom. The average molecular weight is 228 g/mol. The molecule has 3 atom stereocenters. The third kappa shape index (κ3) is 3.19. The average Bonchev–Trinajstić information content (AvgIpc) is 2.30. The Morgan fingerprint density at radius 1 is 1.50 bits per heavy atom. The summed E-state index contributed by atoms with van der Waals surface area (Å²) in [6, 6.07) is 1.17. The Kier molecular flexibility index (Phi) is 5.22. The molecule has 0 aliphatic carbocycles. The van der Waals surface area contributed by atoms with Crippen LogP contribution in [0.3, 0.4) is 0 Å². The number of nitrogens with zero attached hydrogens (tertiary/aromatic N) is 1. The molecule has 1 fully saturated rings. The van der Waals surface area contributed by atoms with Crippen LogP contribution in [0.4, 0.5) is 0 Å². The summed E-state index contributed by atoms with van der Waals surface area (Å²) in [7, 11) is 3.90. The van der Waals surface area contributed by atoms with Gasteiger partial charge in [0.2, 0.25) is 0 Å². The molecule has 16 heavy (non-hydrogen) atoms. The van der Waals surface area contributed by atoms with Crippen LogP contribution in [0.5, 0.6) is 0 Å². The second-order valence-corrected chi connectivity index (χ2v) is 5.27. The number of hydrogen-bond donors (Lipinski definition) is 1. The SMILES string of the molecule is CCC(NC)C(C)N1CCCC(C)(OC)C1. The Labute approximate surface area is 101 Å². The topological polar surface area (TPSA) is 24.5 Å². The van der Waals surface area contributed by atoms with Crippen LogP contribution < -0.4 is 5.32 Å². The van der Waals surface area contributed by atoms with Crippen LogP contribution in [-0.2, 0) is 4.74 Å². The van der Waals surface area contributed by atoms with Crippen molar-refractivity contribution in [1.82, 2.24) is 10.2 Å². The van der Waals surface area contributed by atoms with E-state index < -0.39 is 0 Å². The standard InChI is InChI=1S/C13H28N2O/c1-6-12(14-4)11(2)15-9-7-8-13(3,10-15)16-5/h11-12,14H,6-10H2,1-5H3. The molecule has 96 valence electrons. The van der Waals surface area contributed by atoms with Gasteiger partial charge in [0.15, 0.2) is 0 Å². The Balaban J connectivity index is 2.59. The summed E-state index contributed by atoms with van der Waals surface area (Å²) in [4.78, 5) is 2.57. The number of rotatable bonds is 5. The van der Waals surface area contributed by atoms with E-state index in [2.05, 4.69) is 38.0 Å². The van der Waals surface area contributed by atoms with Gasteiger partial charge in [-0.15, -0.1) is 0 Å². The second-order valence-electron chi connectivity index (χ2n) is 5.27. The Hall–Kier alpha value is -0.120. The number of ether oxygens (including phenoxy) is 1. The van der Waals surface area contributed by atoms with E-state index in [9.17, 15) is 0 Å². The molecule has 0 radical (unpaired) electrons. The van der Waals surface area contributed by atoms with Crippen LogP contribution in [0.1, 0.15) is 40.0 Å².